The van der Waals surface area contributed by atoms with Gasteiger partial charge in [-0.25, -0.2) is 12.8 Å². The van der Waals surface area contributed by atoms with Crippen LogP contribution in [0.4, 0.5) is 10.1 Å². The average molecular weight is 510 g/mol. The Balaban J connectivity index is 1.44. The van der Waals surface area contributed by atoms with E-state index in [0.29, 0.717) is 17.7 Å². The number of carbonyl (C=O) groups excluding carboxylic acids is 2. The highest BCUT2D eigenvalue weighted by Gasteiger charge is 2.27. The molecular formula is C27H28FN3O4S. The van der Waals surface area contributed by atoms with Crippen LogP contribution in [0.1, 0.15) is 24.0 Å². The fraction of sp³-hybridized carbons (Fsp3) is 0.259. The molecule has 1 aliphatic heterocycles. The maximum Gasteiger partial charge on any atom is 0.243 e. The van der Waals surface area contributed by atoms with Crippen LogP contribution in [0.2, 0.25) is 0 Å². The average Bonchev–Trinajstić information content (AvgIpc) is 3.41. The van der Waals surface area contributed by atoms with Crippen LogP contribution in [0.3, 0.4) is 0 Å². The lowest BCUT2D eigenvalue weighted by Crippen LogP contribution is -2.37. The van der Waals surface area contributed by atoms with Gasteiger partial charge in [0.2, 0.25) is 21.8 Å². The van der Waals surface area contributed by atoms with E-state index in [1.54, 1.807) is 48.5 Å². The van der Waals surface area contributed by atoms with Crippen molar-refractivity contribution in [2.45, 2.75) is 30.7 Å². The zero-order chi connectivity index (χ0) is 25.5. The standard InChI is InChI=1S/C27H28FN3O4S/c28-23-10-14-25(15-11-23)36(34,35)31(19-22-6-2-1-3-7-22)20-26(32)29-24-12-8-21(9-13-24)18-27(33)30-16-4-5-17-30/h1-3,6-15H,4-5,16-20H2,(H,29,32). The van der Waals surface area contributed by atoms with Gasteiger partial charge in [-0.05, 0) is 60.4 Å². The van der Waals surface area contributed by atoms with Gasteiger partial charge in [-0.3, -0.25) is 9.59 Å². The van der Waals surface area contributed by atoms with Gasteiger partial charge in [0.15, 0.2) is 0 Å². The van der Waals surface area contributed by atoms with Gasteiger partial charge in [-0.2, -0.15) is 4.31 Å². The van der Waals surface area contributed by atoms with E-state index in [1.807, 2.05) is 11.0 Å². The van der Waals surface area contributed by atoms with Crippen molar-refractivity contribution in [2.24, 2.45) is 0 Å². The lowest BCUT2D eigenvalue weighted by Gasteiger charge is -2.22. The molecule has 1 fully saturated rings. The van der Waals surface area contributed by atoms with Gasteiger partial charge in [0.1, 0.15) is 5.82 Å². The van der Waals surface area contributed by atoms with Crippen molar-refractivity contribution >= 4 is 27.5 Å². The Morgan fingerprint density at radius 2 is 1.50 bits per heavy atom. The van der Waals surface area contributed by atoms with Crippen molar-refractivity contribution in [3.8, 4) is 0 Å². The summed E-state index contributed by atoms with van der Waals surface area (Å²) in [7, 11) is -4.07. The second-order valence-electron chi connectivity index (χ2n) is 8.72. The molecular weight excluding hydrogens is 481 g/mol. The molecule has 0 spiro atoms. The Labute approximate surface area is 210 Å². The van der Waals surface area contributed by atoms with E-state index in [2.05, 4.69) is 5.32 Å². The summed E-state index contributed by atoms with van der Waals surface area (Å²) in [5, 5.41) is 2.73. The molecule has 36 heavy (non-hydrogen) atoms. The number of benzene rings is 3. The third-order valence-corrected chi connectivity index (χ3v) is 7.83. The highest BCUT2D eigenvalue weighted by molar-refractivity contribution is 7.89. The summed E-state index contributed by atoms with van der Waals surface area (Å²) in [6.07, 6.45) is 2.37. The van der Waals surface area contributed by atoms with Crippen LogP contribution in [-0.4, -0.2) is 49.1 Å². The summed E-state index contributed by atoms with van der Waals surface area (Å²) >= 11 is 0. The monoisotopic (exact) mass is 509 g/mol. The molecule has 1 heterocycles. The van der Waals surface area contributed by atoms with Crippen LogP contribution in [0, 0.1) is 5.82 Å². The van der Waals surface area contributed by atoms with Gasteiger partial charge < -0.3 is 10.2 Å². The molecule has 0 unspecified atom stereocenters. The van der Waals surface area contributed by atoms with E-state index < -0.39 is 28.3 Å². The number of hydrogen-bond donors (Lipinski definition) is 1. The van der Waals surface area contributed by atoms with Crippen molar-refractivity contribution in [3.05, 3.63) is 95.8 Å². The maximum atomic E-state index is 13.4. The zero-order valence-electron chi connectivity index (χ0n) is 19.8. The SMILES string of the molecule is O=C(CN(Cc1ccccc1)S(=O)(=O)c1ccc(F)cc1)Nc1ccc(CC(=O)N2CCCC2)cc1. The first-order chi connectivity index (χ1) is 17.3. The lowest BCUT2D eigenvalue weighted by molar-refractivity contribution is -0.129. The highest BCUT2D eigenvalue weighted by atomic mass is 32.2. The van der Waals surface area contributed by atoms with E-state index in [4.69, 9.17) is 0 Å². The molecule has 1 N–H and O–H groups in total. The Hall–Kier alpha value is -3.56. The van der Waals surface area contributed by atoms with E-state index in [-0.39, 0.29) is 17.3 Å². The predicted octanol–water partition coefficient (Wildman–Crippen LogP) is 3.82. The largest absolute Gasteiger partial charge is 0.342 e. The number of nitrogens with zero attached hydrogens (tertiary/aromatic N) is 2. The molecule has 0 bridgehead atoms. The summed E-state index contributed by atoms with van der Waals surface area (Å²) in [5.41, 5.74) is 2.05. The molecule has 0 radical (unpaired) electrons. The van der Waals surface area contributed by atoms with Crippen molar-refractivity contribution in [1.29, 1.82) is 0 Å². The number of likely N-dealkylation sites (tertiary alicyclic amines) is 1. The van der Waals surface area contributed by atoms with Crippen molar-refractivity contribution < 1.29 is 22.4 Å². The number of anilines is 1. The smallest absolute Gasteiger partial charge is 0.243 e. The third-order valence-electron chi connectivity index (χ3n) is 6.02. The number of sulfonamides is 1. The maximum absolute atomic E-state index is 13.4. The van der Waals surface area contributed by atoms with Gasteiger partial charge in [0.25, 0.3) is 0 Å². The van der Waals surface area contributed by atoms with Crippen LogP contribution >= 0.6 is 0 Å². The molecule has 9 heteroatoms. The van der Waals surface area contributed by atoms with Gasteiger partial charge in [-0.1, -0.05) is 42.5 Å². The minimum atomic E-state index is -4.07. The van der Waals surface area contributed by atoms with Crippen molar-refractivity contribution in [3.63, 3.8) is 0 Å². The first-order valence-electron chi connectivity index (χ1n) is 11.8. The van der Waals surface area contributed by atoms with Gasteiger partial charge in [0.05, 0.1) is 17.9 Å². The summed E-state index contributed by atoms with van der Waals surface area (Å²) in [6, 6.07) is 20.4. The molecule has 0 atom stereocenters. The van der Waals surface area contributed by atoms with E-state index in [9.17, 15) is 22.4 Å². The molecule has 1 saturated heterocycles. The highest BCUT2D eigenvalue weighted by Crippen LogP contribution is 2.20. The van der Waals surface area contributed by atoms with Crippen LogP contribution in [0.5, 0.6) is 0 Å². The van der Waals surface area contributed by atoms with E-state index >= 15 is 0 Å². The summed E-state index contributed by atoms with van der Waals surface area (Å²) < 4.78 is 41.0. The van der Waals surface area contributed by atoms with E-state index in [0.717, 1.165) is 47.9 Å². The molecule has 3 aromatic carbocycles. The minimum Gasteiger partial charge on any atom is -0.342 e. The van der Waals surface area contributed by atoms with Crippen LogP contribution in [0.25, 0.3) is 0 Å². The van der Waals surface area contributed by atoms with Crippen molar-refractivity contribution in [2.75, 3.05) is 25.0 Å². The number of halogens is 1. The molecule has 0 saturated carbocycles. The number of carbonyl (C=O) groups is 2. The fourth-order valence-electron chi connectivity index (χ4n) is 4.09. The second-order valence-corrected chi connectivity index (χ2v) is 10.7. The number of nitrogens with one attached hydrogen (secondary N) is 1. The molecule has 3 aromatic rings. The number of amides is 2. The summed E-state index contributed by atoms with van der Waals surface area (Å²) in [4.78, 5) is 27.0. The second kappa shape index (κ2) is 11.5. The first-order valence-corrected chi connectivity index (χ1v) is 13.2. The van der Waals surface area contributed by atoms with Gasteiger partial charge in [0, 0.05) is 25.3 Å². The molecule has 0 aliphatic carbocycles. The topological polar surface area (TPSA) is 86.8 Å². The fourth-order valence-corrected chi connectivity index (χ4v) is 5.47. The third kappa shape index (κ3) is 6.56. The normalized spacial score (nSPS) is 13.7. The molecule has 2 amide bonds. The minimum absolute atomic E-state index is 0.0223. The lowest BCUT2D eigenvalue weighted by atomic mass is 10.1. The predicted molar refractivity (Wildman–Crippen MR) is 135 cm³/mol. The van der Waals surface area contributed by atoms with Crippen LogP contribution in [-0.2, 0) is 32.6 Å². The number of hydrogen-bond acceptors (Lipinski definition) is 4. The molecule has 0 aromatic heterocycles. The summed E-state index contributed by atoms with van der Waals surface area (Å²) in [5.74, 6) is -0.976. The zero-order valence-corrected chi connectivity index (χ0v) is 20.6. The molecule has 188 valence electrons. The molecule has 7 nitrogen and oxygen atoms in total. The van der Waals surface area contributed by atoms with Gasteiger partial charge >= 0.3 is 0 Å². The van der Waals surface area contributed by atoms with Crippen molar-refractivity contribution in [1.82, 2.24) is 9.21 Å². The summed E-state index contributed by atoms with van der Waals surface area (Å²) in [6.45, 7) is 1.15. The number of rotatable bonds is 9. The molecule has 1 aliphatic rings. The Kier molecular flexibility index (Phi) is 8.12. The molecule has 4 rings (SSSR count). The first kappa shape index (κ1) is 25.5. The Bertz CT molecular complexity index is 1290. The van der Waals surface area contributed by atoms with Crippen LogP contribution < -0.4 is 5.32 Å². The quantitative estimate of drug-likeness (QED) is 0.475. The van der Waals surface area contributed by atoms with E-state index in [1.165, 1.54) is 12.1 Å². The van der Waals surface area contributed by atoms with Gasteiger partial charge in [-0.15, -0.1) is 0 Å². The Morgan fingerprint density at radius 3 is 2.14 bits per heavy atom. The Morgan fingerprint density at radius 1 is 0.861 bits per heavy atom. The van der Waals surface area contributed by atoms with Crippen LogP contribution in [0.15, 0.2) is 83.8 Å².